The van der Waals surface area contributed by atoms with E-state index >= 15 is 0 Å². The summed E-state index contributed by atoms with van der Waals surface area (Å²) in [5, 5.41) is 0.855. The van der Waals surface area contributed by atoms with Gasteiger partial charge in [0.25, 0.3) is 0 Å². The normalized spacial score (nSPS) is 10.6. The predicted molar refractivity (Wildman–Crippen MR) is 56.4 cm³/mol. The van der Waals surface area contributed by atoms with Crippen LogP contribution in [0, 0.1) is 9.39 Å². The van der Waals surface area contributed by atoms with Crippen LogP contribution in [0.2, 0.25) is 0 Å². The lowest BCUT2D eigenvalue weighted by atomic mass is 10.2. The Morgan fingerprint density at radius 2 is 2.15 bits per heavy atom. The van der Waals surface area contributed by atoms with Crippen molar-refractivity contribution in [2.75, 3.05) is 0 Å². The highest BCUT2D eigenvalue weighted by Gasteiger charge is 2.04. The molecule has 13 heavy (non-hydrogen) atoms. The van der Waals surface area contributed by atoms with Gasteiger partial charge in [-0.05, 0) is 40.8 Å². The molecule has 0 aliphatic carbocycles. The molecule has 0 unspecified atom stereocenters. The van der Waals surface area contributed by atoms with Gasteiger partial charge >= 0.3 is 0 Å². The van der Waals surface area contributed by atoms with E-state index < -0.39 is 0 Å². The SMILES string of the molecule is O=Cc1cc2cc(I)c(F)cc2[nH]1. The Morgan fingerprint density at radius 1 is 1.38 bits per heavy atom. The van der Waals surface area contributed by atoms with Crippen LogP contribution in [0.25, 0.3) is 10.9 Å². The van der Waals surface area contributed by atoms with Gasteiger partial charge in [-0.15, -0.1) is 0 Å². The Morgan fingerprint density at radius 3 is 2.85 bits per heavy atom. The van der Waals surface area contributed by atoms with E-state index in [2.05, 4.69) is 4.98 Å². The van der Waals surface area contributed by atoms with Gasteiger partial charge in [-0.2, -0.15) is 0 Å². The summed E-state index contributed by atoms with van der Waals surface area (Å²) in [4.78, 5) is 13.2. The van der Waals surface area contributed by atoms with E-state index in [1.165, 1.54) is 6.07 Å². The molecule has 1 heterocycles. The van der Waals surface area contributed by atoms with Gasteiger partial charge in [0, 0.05) is 14.5 Å². The molecule has 0 saturated heterocycles. The van der Waals surface area contributed by atoms with Crippen molar-refractivity contribution in [2.45, 2.75) is 0 Å². The van der Waals surface area contributed by atoms with Crippen LogP contribution in [-0.2, 0) is 0 Å². The van der Waals surface area contributed by atoms with E-state index in [9.17, 15) is 9.18 Å². The molecule has 0 radical (unpaired) electrons. The Bertz CT molecular complexity index is 439. The molecule has 2 rings (SSSR count). The van der Waals surface area contributed by atoms with Crippen LogP contribution in [0.15, 0.2) is 18.2 Å². The third-order valence-corrected chi connectivity index (χ3v) is 2.64. The summed E-state index contributed by atoms with van der Waals surface area (Å²) in [5.74, 6) is -0.271. The molecule has 1 aromatic carbocycles. The van der Waals surface area contributed by atoms with Crippen molar-refractivity contribution in [1.82, 2.24) is 4.98 Å². The molecule has 0 spiro atoms. The van der Waals surface area contributed by atoms with E-state index in [1.807, 2.05) is 22.6 Å². The maximum atomic E-state index is 13.0. The molecule has 0 fully saturated rings. The molecule has 0 atom stereocenters. The lowest BCUT2D eigenvalue weighted by molar-refractivity contribution is 0.112. The number of carbonyl (C=O) groups is 1. The van der Waals surface area contributed by atoms with Gasteiger partial charge in [0.2, 0.25) is 0 Å². The monoisotopic (exact) mass is 289 g/mol. The van der Waals surface area contributed by atoms with Gasteiger partial charge < -0.3 is 4.98 Å². The van der Waals surface area contributed by atoms with Crippen LogP contribution in [-0.4, -0.2) is 11.3 Å². The number of halogens is 2. The lowest BCUT2D eigenvalue weighted by Gasteiger charge is -1.93. The number of nitrogens with one attached hydrogen (secondary N) is 1. The first kappa shape index (κ1) is 8.68. The molecular formula is C9H5FINO. The Labute approximate surface area is 87.3 Å². The fourth-order valence-electron chi connectivity index (χ4n) is 1.21. The Kier molecular flexibility index (Phi) is 2.07. The summed E-state index contributed by atoms with van der Waals surface area (Å²) in [6, 6.07) is 4.79. The number of benzene rings is 1. The van der Waals surface area contributed by atoms with Gasteiger partial charge in [0.1, 0.15) is 5.82 Å². The first-order valence-electron chi connectivity index (χ1n) is 3.63. The zero-order valence-electron chi connectivity index (χ0n) is 6.47. The van der Waals surface area contributed by atoms with Crippen molar-refractivity contribution in [3.05, 3.63) is 33.3 Å². The quantitative estimate of drug-likeness (QED) is 0.635. The molecule has 0 aliphatic rings. The molecular weight excluding hydrogens is 284 g/mol. The topological polar surface area (TPSA) is 32.9 Å². The van der Waals surface area contributed by atoms with Crippen LogP contribution in [0.3, 0.4) is 0 Å². The number of rotatable bonds is 1. The lowest BCUT2D eigenvalue weighted by Crippen LogP contribution is -1.80. The number of fused-ring (bicyclic) bond motifs is 1. The second-order valence-corrected chi connectivity index (χ2v) is 3.86. The molecule has 2 nitrogen and oxygen atoms in total. The second kappa shape index (κ2) is 3.10. The minimum Gasteiger partial charge on any atom is -0.352 e. The van der Waals surface area contributed by atoms with Crippen molar-refractivity contribution in [3.8, 4) is 0 Å². The summed E-state index contributed by atoms with van der Waals surface area (Å²) in [6.07, 6.45) is 0.713. The predicted octanol–water partition coefficient (Wildman–Crippen LogP) is 2.72. The van der Waals surface area contributed by atoms with Crippen molar-refractivity contribution < 1.29 is 9.18 Å². The number of hydrogen-bond acceptors (Lipinski definition) is 1. The highest BCUT2D eigenvalue weighted by Crippen LogP contribution is 2.20. The van der Waals surface area contributed by atoms with Crippen LogP contribution >= 0.6 is 22.6 Å². The van der Waals surface area contributed by atoms with Crippen LogP contribution in [0.5, 0.6) is 0 Å². The maximum absolute atomic E-state index is 13.0. The third-order valence-electron chi connectivity index (χ3n) is 1.81. The highest BCUT2D eigenvalue weighted by molar-refractivity contribution is 14.1. The van der Waals surface area contributed by atoms with Crippen LogP contribution < -0.4 is 0 Å². The average molecular weight is 289 g/mol. The van der Waals surface area contributed by atoms with E-state index in [1.54, 1.807) is 12.1 Å². The third kappa shape index (κ3) is 1.46. The fourth-order valence-corrected chi connectivity index (χ4v) is 1.70. The van der Waals surface area contributed by atoms with Gasteiger partial charge in [-0.3, -0.25) is 4.79 Å². The molecule has 2 aromatic rings. The standard InChI is InChI=1S/C9H5FINO/c10-7-3-9-5(2-8(7)11)1-6(4-13)12-9/h1-4,12H. The molecule has 4 heteroatoms. The maximum Gasteiger partial charge on any atom is 0.166 e. The summed E-state index contributed by atoms with van der Waals surface area (Å²) < 4.78 is 13.6. The van der Waals surface area contributed by atoms with E-state index in [0.29, 0.717) is 21.1 Å². The fraction of sp³-hybridized carbons (Fsp3) is 0. The number of aromatic amines is 1. The van der Waals surface area contributed by atoms with E-state index in [4.69, 9.17) is 0 Å². The molecule has 0 saturated carbocycles. The molecule has 0 aliphatic heterocycles. The smallest absolute Gasteiger partial charge is 0.166 e. The summed E-state index contributed by atoms with van der Waals surface area (Å²) in [5.41, 5.74) is 1.12. The molecule has 1 aromatic heterocycles. The molecule has 1 N–H and O–H groups in total. The molecule has 0 bridgehead atoms. The number of carbonyl (C=O) groups excluding carboxylic acids is 1. The summed E-state index contributed by atoms with van der Waals surface area (Å²) >= 11 is 1.92. The van der Waals surface area contributed by atoms with Gasteiger partial charge in [-0.1, -0.05) is 0 Å². The zero-order valence-corrected chi connectivity index (χ0v) is 8.63. The van der Waals surface area contributed by atoms with Gasteiger partial charge in [0.15, 0.2) is 6.29 Å². The van der Waals surface area contributed by atoms with Crippen LogP contribution in [0.4, 0.5) is 4.39 Å². The Balaban J connectivity index is 2.77. The van der Waals surface area contributed by atoms with E-state index in [-0.39, 0.29) is 5.82 Å². The van der Waals surface area contributed by atoms with Crippen molar-refractivity contribution in [3.63, 3.8) is 0 Å². The Hall–Kier alpha value is -0.910. The van der Waals surface area contributed by atoms with Crippen molar-refractivity contribution in [2.24, 2.45) is 0 Å². The average Bonchev–Trinajstić information content (AvgIpc) is 2.48. The number of aldehydes is 1. The first-order valence-corrected chi connectivity index (χ1v) is 4.71. The minimum atomic E-state index is -0.271. The summed E-state index contributed by atoms with van der Waals surface area (Å²) in [6.45, 7) is 0. The van der Waals surface area contributed by atoms with Crippen molar-refractivity contribution in [1.29, 1.82) is 0 Å². The van der Waals surface area contributed by atoms with Crippen LogP contribution in [0.1, 0.15) is 10.5 Å². The van der Waals surface area contributed by atoms with Crippen molar-refractivity contribution >= 4 is 39.8 Å². The highest BCUT2D eigenvalue weighted by atomic mass is 127. The summed E-state index contributed by atoms with van der Waals surface area (Å²) in [7, 11) is 0. The van der Waals surface area contributed by atoms with Gasteiger partial charge in [0.05, 0.1) is 5.69 Å². The largest absolute Gasteiger partial charge is 0.352 e. The second-order valence-electron chi connectivity index (χ2n) is 2.70. The molecule has 66 valence electrons. The number of aromatic nitrogens is 1. The number of H-pyrrole nitrogens is 1. The van der Waals surface area contributed by atoms with Gasteiger partial charge in [-0.25, -0.2) is 4.39 Å². The molecule has 0 amide bonds. The zero-order chi connectivity index (χ0) is 9.42. The van der Waals surface area contributed by atoms with E-state index in [0.717, 1.165) is 5.39 Å². The number of hydrogen-bond donors (Lipinski definition) is 1. The first-order chi connectivity index (χ1) is 6.20. The minimum absolute atomic E-state index is 0.271.